The van der Waals surface area contributed by atoms with Gasteiger partial charge in [-0.3, -0.25) is 4.79 Å². The fraction of sp³-hybridized carbons (Fsp3) is 0.235. The van der Waals surface area contributed by atoms with Crippen LogP contribution in [0, 0.1) is 0 Å². The van der Waals surface area contributed by atoms with Gasteiger partial charge in [-0.15, -0.1) is 0 Å². The predicted molar refractivity (Wildman–Crippen MR) is 96.3 cm³/mol. The molecule has 0 aromatic heterocycles. The number of sulfonamides is 1. The molecule has 0 aliphatic carbocycles. The lowest BCUT2D eigenvalue weighted by Crippen LogP contribution is -2.41. The van der Waals surface area contributed by atoms with E-state index >= 15 is 0 Å². The molecular weight excluding hydrogens is 462 g/mol. The van der Waals surface area contributed by atoms with Crippen LogP contribution in [0.2, 0.25) is 5.02 Å². The Bertz CT molecular complexity index is 1000. The molecule has 1 unspecified atom stereocenters. The zero-order valence-electron chi connectivity index (χ0n) is 14.9. The number of rotatable bonds is 5. The fourth-order valence-corrected chi connectivity index (χ4v) is 3.57. The highest BCUT2D eigenvalue weighted by Gasteiger charge is 2.37. The van der Waals surface area contributed by atoms with Gasteiger partial charge in [-0.1, -0.05) is 11.6 Å². The Morgan fingerprint density at radius 1 is 0.933 bits per heavy atom. The standard InChI is InChI=1S/C17H13ClF6N2O3S/c1-9(26-30(28,29)14-4-2-12(18)3-5-14)15(27)25-13-7-10(16(19,20)21)6-11(8-13)17(22,23)24/h2-9,26H,1H3,(H,25,27). The molecule has 5 nitrogen and oxygen atoms in total. The highest BCUT2D eigenvalue weighted by Crippen LogP contribution is 2.37. The molecule has 0 spiro atoms. The van der Waals surface area contributed by atoms with E-state index in [1.54, 1.807) is 0 Å². The van der Waals surface area contributed by atoms with Crippen LogP contribution < -0.4 is 10.0 Å². The highest BCUT2D eigenvalue weighted by atomic mass is 35.5. The van der Waals surface area contributed by atoms with Crippen molar-refractivity contribution >= 4 is 33.2 Å². The molecule has 2 aromatic rings. The van der Waals surface area contributed by atoms with Crippen LogP contribution in [0.25, 0.3) is 0 Å². The van der Waals surface area contributed by atoms with Gasteiger partial charge in [0.25, 0.3) is 0 Å². The second-order valence-electron chi connectivity index (χ2n) is 6.08. The van der Waals surface area contributed by atoms with Crippen molar-refractivity contribution in [1.29, 1.82) is 0 Å². The summed E-state index contributed by atoms with van der Waals surface area (Å²) in [5.74, 6) is -1.17. The van der Waals surface area contributed by atoms with Gasteiger partial charge in [0.05, 0.1) is 22.1 Å². The minimum absolute atomic E-state index is 0.0949. The van der Waals surface area contributed by atoms with Crippen LogP contribution in [0.15, 0.2) is 47.4 Å². The molecule has 0 bridgehead atoms. The number of benzene rings is 2. The number of nitrogens with one attached hydrogen (secondary N) is 2. The molecule has 0 aliphatic heterocycles. The number of halogens is 7. The molecule has 13 heteroatoms. The van der Waals surface area contributed by atoms with Crippen molar-refractivity contribution in [2.45, 2.75) is 30.2 Å². The van der Waals surface area contributed by atoms with Gasteiger partial charge in [0.2, 0.25) is 15.9 Å². The van der Waals surface area contributed by atoms with E-state index in [1.165, 1.54) is 12.1 Å². The van der Waals surface area contributed by atoms with E-state index < -0.39 is 51.1 Å². The first-order valence-corrected chi connectivity index (χ1v) is 9.84. The second kappa shape index (κ2) is 8.44. The summed E-state index contributed by atoms with van der Waals surface area (Å²) < 4.78 is 104. The van der Waals surface area contributed by atoms with Gasteiger partial charge < -0.3 is 5.32 Å². The Hall–Kier alpha value is -2.31. The lowest BCUT2D eigenvalue weighted by atomic mass is 10.1. The molecule has 2 rings (SSSR count). The van der Waals surface area contributed by atoms with Gasteiger partial charge in [0.15, 0.2) is 0 Å². The summed E-state index contributed by atoms with van der Waals surface area (Å²) in [5.41, 5.74) is -4.04. The smallest absolute Gasteiger partial charge is 0.325 e. The zero-order chi connectivity index (χ0) is 22.9. The van der Waals surface area contributed by atoms with Crippen LogP contribution in [-0.2, 0) is 27.2 Å². The van der Waals surface area contributed by atoms with Crippen molar-refractivity contribution in [3.05, 3.63) is 58.6 Å². The van der Waals surface area contributed by atoms with E-state index in [4.69, 9.17) is 11.6 Å². The summed E-state index contributed by atoms with van der Waals surface area (Å²) in [5, 5.41) is 2.12. The molecule has 0 saturated heterocycles. The normalized spacial score (nSPS) is 13.7. The number of hydrogen-bond acceptors (Lipinski definition) is 3. The highest BCUT2D eigenvalue weighted by molar-refractivity contribution is 7.89. The minimum atomic E-state index is -5.09. The van der Waals surface area contributed by atoms with E-state index in [9.17, 15) is 39.6 Å². The van der Waals surface area contributed by atoms with Gasteiger partial charge in [-0.05, 0) is 49.4 Å². The maximum Gasteiger partial charge on any atom is 0.416 e. The third-order valence-corrected chi connectivity index (χ3v) is 5.51. The Morgan fingerprint density at radius 3 is 1.83 bits per heavy atom. The largest absolute Gasteiger partial charge is 0.416 e. The van der Waals surface area contributed by atoms with Crippen LogP contribution in [0.3, 0.4) is 0 Å². The monoisotopic (exact) mass is 474 g/mol. The molecule has 0 fully saturated rings. The number of carbonyl (C=O) groups is 1. The van der Waals surface area contributed by atoms with E-state index in [0.717, 1.165) is 19.1 Å². The van der Waals surface area contributed by atoms with Gasteiger partial charge >= 0.3 is 12.4 Å². The lowest BCUT2D eigenvalue weighted by molar-refractivity contribution is -0.143. The number of amides is 1. The third kappa shape index (κ3) is 6.09. The van der Waals surface area contributed by atoms with Crippen LogP contribution in [0.5, 0.6) is 0 Å². The number of anilines is 1. The molecule has 164 valence electrons. The molecule has 0 radical (unpaired) electrons. The van der Waals surface area contributed by atoms with Crippen LogP contribution in [0.1, 0.15) is 18.1 Å². The Balaban J connectivity index is 2.25. The molecule has 0 heterocycles. The fourth-order valence-electron chi connectivity index (χ4n) is 2.25. The van der Waals surface area contributed by atoms with E-state index in [0.29, 0.717) is 12.1 Å². The summed E-state index contributed by atoms with van der Waals surface area (Å²) in [6.07, 6.45) is -10.2. The average molecular weight is 475 g/mol. The third-order valence-electron chi connectivity index (χ3n) is 3.70. The first-order chi connectivity index (χ1) is 13.6. The first-order valence-electron chi connectivity index (χ1n) is 7.98. The van der Waals surface area contributed by atoms with Crippen molar-refractivity contribution in [3.8, 4) is 0 Å². The van der Waals surface area contributed by atoms with Crippen LogP contribution >= 0.6 is 11.6 Å². The first kappa shape index (κ1) is 24.0. The van der Waals surface area contributed by atoms with Crippen molar-refractivity contribution in [3.63, 3.8) is 0 Å². The van der Waals surface area contributed by atoms with Gasteiger partial charge in [0.1, 0.15) is 0 Å². The van der Waals surface area contributed by atoms with E-state index in [1.807, 2.05) is 10.0 Å². The number of alkyl halides is 6. The predicted octanol–water partition coefficient (Wildman–Crippen LogP) is 4.68. The topological polar surface area (TPSA) is 75.3 Å². The summed E-state index contributed by atoms with van der Waals surface area (Å²) in [6.45, 7) is 1.07. The minimum Gasteiger partial charge on any atom is -0.325 e. The summed E-state index contributed by atoms with van der Waals surface area (Å²) in [6, 6.07) is 3.87. The van der Waals surface area contributed by atoms with Crippen molar-refractivity contribution in [1.82, 2.24) is 4.72 Å². The Kier molecular flexibility index (Phi) is 6.74. The van der Waals surface area contributed by atoms with Crippen molar-refractivity contribution in [2.75, 3.05) is 5.32 Å². The Morgan fingerprint density at radius 2 is 1.40 bits per heavy atom. The zero-order valence-corrected chi connectivity index (χ0v) is 16.5. The SMILES string of the molecule is CC(NS(=O)(=O)c1ccc(Cl)cc1)C(=O)Nc1cc(C(F)(F)F)cc(C(F)(F)F)c1. The van der Waals surface area contributed by atoms with Crippen molar-refractivity contribution in [2.24, 2.45) is 0 Å². The molecule has 2 N–H and O–H groups in total. The molecule has 1 atom stereocenters. The molecule has 1 amide bonds. The molecule has 0 aliphatic rings. The lowest BCUT2D eigenvalue weighted by Gasteiger charge is -2.17. The van der Waals surface area contributed by atoms with E-state index in [-0.39, 0.29) is 16.0 Å². The summed E-state index contributed by atoms with van der Waals surface area (Å²) >= 11 is 5.66. The second-order valence-corrected chi connectivity index (χ2v) is 8.23. The quantitative estimate of drug-likeness (QED) is 0.618. The van der Waals surface area contributed by atoms with Gasteiger partial charge in [-0.25, -0.2) is 8.42 Å². The molecule has 30 heavy (non-hydrogen) atoms. The van der Waals surface area contributed by atoms with Crippen LogP contribution in [-0.4, -0.2) is 20.4 Å². The summed E-state index contributed by atoms with van der Waals surface area (Å²) in [4.78, 5) is 11.9. The van der Waals surface area contributed by atoms with Crippen LogP contribution in [0.4, 0.5) is 32.0 Å². The Labute approximate surface area is 172 Å². The van der Waals surface area contributed by atoms with Gasteiger partial charge in [-0.2, -0.15) is 31.1 Å². The number of carbonyl (C=O) groups excluding carboxylic acids is 1. The maximum absolute atomic E-state index is 12.9. The average Bonchev–Trinajstić information content (AvgIpc) is 2.60. The van der Waals surface area contributed by atoms with Crippen molar-refractivity contribution < 1.29 is 39.6 Å². The van der Waals surface area contributed by atoms with E-state index in [2.05, 4.69) is 0 Å². The molecule has 2 aromatic carbocycles. The van der Waals surface area contributed by atoms with Gasteiger partial charge in [0, 0.05) is 10.7 Å². The number of hydrogen-bond donors (Lipinski definition) is 2. The maximum atomic E-state index is 12.9. The molecular formula is C17H13ClF6N2O3S. The summed E-state index contributed by atoms with van der Waals surface area (Å²) in [7, 11) is -4.21. The molecule has 0 saturated carbocycles.